The lowest BCUT2D eigenvalue weighted by atomic mass is 9.89. The minimum absolute atomic E-state index is 0.811. The van der Waals surface area contributed by atoms with Crippen LogP contribution in [0.3, 0.4) is 0 Å². The highest BCUT2D eigenvalue weighted by molar-refractivity contribution is 9.11. The van der Waals surface area contributed by atoms with Crippen LogP contribution in [0.1, 0.15) is 156 Å². The molecule has 8 bridgehead atoms. The van der Waals surface area contributed by atoms with Gasteiger partial charge in [-0.2, -0.15) is 0 Å². The molecule has 10 aromatic carbocycles. The number of nitrogens with one attached hydrogen (secondary N) is 2. The summed E-state index contributed by atoms with van der Waals surface area (Å²) in [5.41, 5.74) is 53.5. The Morgan fingerprint density at radius 3 is 0.817 bits per heavy atom. The number of hydrogen-bond donors (Lipinski definition) is 2. The van der Waals surface area contributed by atoms with E-state index in [2.05, 4.69) is 410 Å². The zero-order valence-electron chi connectivity index (χ0n) is 75.1. The molecule has 9 heterocycles. The van der Waals surface area contributed by atoms with Crippen LogP contribution < -0.4 is 0 Å². The maximum atomic E-state index is 5.81. The first-order chi connectivity index (χ1) is 60.5. The normalized spacial score (nSPS) is 11.9. The van der Waals surface area contributed by atoms with Crippen LogP contribution in [0, 0.1) is 162 Å². The molecule has 7 aromatic heterocycles. The van der Waals surface area contributed by atoms with Crippen LogP contribution in [0.5, 0.6) is 0 Å². The Hall–Kier alpha value is -13.5. The Labute approximate surface area is 754 Å². The Bertz CT molecular complexity index is 7460. The summed E-state index contributed by atoms with van der Waals surface area (Å²) in [6.45, 7) is 43.8. The number of nitrogens with zero attached hydrogens (tertiary/aromatic N) is 6. The molecular weight excluding hydrogens is 1670 g/mol. The van der Waals surface area contributed by atoms with Gasteiger partial charge in [0.25, 0.3) is 0 Å². The Morgan fingerprint density at radius 1 is 0.230 bits per heavy atom. The van der Waals surface area contributed by atoms with Crippen molar-refractivity contribution in [2.24, 2.45) is 0 Å². The van der Waals surface area contributed by atoms with Gasteiger partial charge < -0.3 is 9.97 Å². The second-order valence-corrected chi connectivity index (χ2v) is 36.8. The highest BCUT2D eigenvalue weighted by atomic mass is 79.9. The van der Waals surface area contributed by atoms with Crippen LogP contribution in [0.25, 0.3) is 180 Å². The monoisotopic (exact) mass is 1760 g/mol. The summed E-state index contributed by atoms with van der Waals surface area (Å²) in [4.78, 5) is 42.1. The Morgan fingerprint density at radius 2 is 0.500 bits per heavy atom. The zero-order valence-corrected chi connectivity index (χ0v) is 78.2. The summed E-state index contributed by atoms with van der Waals surface area (Å²) in [6.07, 6.45) is 8.75. The van der Waals surface area contributed by atoms with Gasteiger partial charge in [-0.25, -0.2) is 29.9 Å². The lowest BCUT2D eigenvalue weighted by molar-refractivity contribution is 1.20. The van der Waals surface area contributed by atoms with Gasteiger partial charge in [-0.3, -0.25) is 0 Å². The molecule has 8 nitrogen and oxygen atoms in total. The van der Waals surface area contributed by atoms with Crippen LogP contribution in [-0.2, 0) is 0 Å². The number of aromatic amines is 2. The highest BCUT2D eigenvalue weighted by Crippen LogP contribution is 2.47. The third kappa shape index (κ3) is 14.3. The number of pyridine rings is 4. The second kappa shape index (κ2) is 31.9. The van der Waals surface area contributed by atoms with E-state index in [4.69, 9.17) is 29.9 Å². The van der Waals surface area contributed by atoms with E-state index in [0.29, 0.717) is 0 Å². The van der Waals surface area contributed by atoms with Crippen LogP contribution in [0.15, 0.2) is 191 Å². The molecule has 0 fully saturated rings. The molecule has 0 amide bonds. The van der Waals surface area contributed by atoms with E-state index in [0.717, 1.165) is 231 Å². The van der Waals surface area contributed by atoms with Crippen LogP contribution in [0.2, 0.25) is 0 Å². The summed E-state index contributed by atoms with van der Waals surface area (Å²) in [5.74, 6) is 14.8. The average molecular weight is 1760 g/mol. The third-order valence-corrected chi connectivity index (χ3v) is 28.7. The van der Waals surface area contributed by atoms with E-state index in [9.17, 15) is 0 Å². The first kappa shape index (κ1) is 82.1. The predicted molar refractivity (Wildman–Crippen MR) is 539 cm³/mol. The van der Waals surface area contributed by atoms with Crippen molar-refractivity contribution >= 4 is 122 Å². The lowest BCUT2D eigenvalue weighted by Crippen LogP contribution is -2.02. The van der Waals surface area contributed by atoms with Crippen molar-refractivity contribution in [2.75, 3.05) is 0 Å². The fraction of sp³-hybridized carbons (Fsp3) is 0.172. The van der Waals surface area contributed by atoms with Gasteiger partial charge in [0, 0.05) is 108 Å². The van der Waals surface area contributed by atoms with E-state index in [1.54, 1.807) is 0 Å². The van der Waals surface area contributed by atoms with Crippen LogP contribution in [-0.4, -0.2) is 39.9 Å². The summed E-state index contributed by atoms with van der Waals surface area (Å²) in [6, 6.07) is 66.0. The molecule has 17 aromatic rings. The van der Waals surface area contributed by atoms with Gasteiger partial charge in [0.15, 0.2) is 0 Å². The van der Waals surface area contributed by atoms with Crippen molar-refractivity contribution in [3.8, 4) is 113 Å². The minimum atomic E-state index is 0.811. The number of fused-ring (bicyclic) bond motifs is 14. The number of aryl methyl sites for hydroxylation is 12. The standard InChI is InChI=1S/C116H96Br2N8/c1-59-49-63(5)99(64(6)50-59)89-39-37-83-33-35-87-57-85(111(125-115(87)113(83)123-89)103-71(13)75(17)109(117)76(18)72(103)14)31-25-79-21-27-81(28-22-79)105-91-41-42-92(119-91)106(94-44-46-96(121-94)108(102-69(11)55-62(4)56-70(102)12)98-48-47-97(122-98)107(95-45-43-93(105)120-95)101-67(9)53-61(3)54-68(101)10)82-29-23-80(24-30-82)26-32-86-58-88-36-34-84-38-40-90(100-65(7)51-60(2)52-66(100)8)124-114(84)116(88)126-112(86)104-73(15)77(19)110(118)78(20)74(104)16/h21-24,27-30,33-58,119,122H,1-20H3. The smallest absolute Gasteiger partial charge is 0.0973 e. The minimum Gasteiger partial charge on any atom is -0.354 e. The molecule has 0 atom stereocenters. The summed E-state index contributed by atoms with van der Waals surface area (Å²) < 4.78 is 2.21. The van der Waals surface area contributed by atoms with Crippen molar-refractivity contribution in [1.82, 2.24) is 39.9 Å². The molecule has 2 aliphatic heterocycles. The molecule has 614 valence electrons. The highest BCUT2D eigenvalue weighted by Gasteiger charge is 2.27. The van der Waals surface area contributed by atoms with Crippen molar-refractivity contribution < 1.29 is 0 Å². The van der Waals surface area contributed by atoms with E-state index in [1.807, 2.05) is 0 Å². The summed E-state index contributed by atoms with van der Waals surface area (Å²) in [7, 11) is 0. The van der Waals surface area contributed by atoms with E-state index >= 15 is 0 Å². The van der Waals surface area contributed by atoms with E-state index < -0.39 is 0 Å². The van der Waals surface area contributed by atoms with Gasteiger partial charge in [0.2, 0.25) is 0 Å². The van der Waals surface area contributed by atoms with Gasteiger partial charge in [-0.05, 0) is 347 Å². The number of halogens is 2. The van der Waals surface area contributed by atoms with Crippen molar-refractivity contribution in [3.05, 3.63) is 347 Å². The number of rotatable bonds is 8. The number of H-pyrrole nitrogens is 2. The molecule has 19 rings (SSSR count). The largest absolute Gasteiger partial charge is 0.354 e. The topological polar surface area (TPSA) is 109 Å². The van der Waals surface area contributed by atoms with Gasteiger partial charge in [-0.1, -0.05) is 187 Å². The molecular formula is C116H96Br2N8. The molecule has 0 saturated carbocycles. The van der Waals surface area contributed by atoms with Gasteiger partial charge in [0.05, 0.1) is 78.7 Å². The van der Waals surface area contributed by atoms with E-state index in [1.165, 1.54) is 89.0 Å². The fourth-order valence-corrected chi connectivity index (χ4v) is 21.3. The molecule has 2 aliphatic rings. The molecule has 0 radical (unpaired) electrons. The SMILES string of the molecule is Cc1cc(C)c(-c2ccc3ccc4cc(C#Cc5ccc(-c6c7nc(c(-c8c(C)cc(C)cc8C)c8ccc([nH]8)c(-c8c(C)cc(C)cc8C)c8nc(c(-c9ccc(C#Cc%10cc%11ccc%12ccc(-c%13c(C)cc(C)cc%13C)nc%12c%11nc%10-c%10c(C)c(C)c(Br)c(C)c%10C)cc9)c9ccc6[nH]9)C=C8)C=C7)cc5)c(-c5c(C)c(C)c(Br)c(C)c5C)nc4c3n2)c(C)c1. The Balaban J connectivity index is 0.794. The molecule has 0 aliphatic carbocycles. The third-order valence-electron chi connectivity index (χ3n) is 26.3. The average Bonchev–Trinajstić information content (AvgIpc) is 0.828. The number of benzene rings is 10. The Kier molecular flexibility index (Phi) is 20.8. The van der Waals surface area contributed by atoms with E-state index in [-0.39, 0.29) is 0 Å². The van der Waals surface area contributed by atoms with Crippen molar-refractivity contribution in [2.45, 2.75) is 138 Å². The molecule has 10 heteroatoms. The van der Waals surface area contributed by atoms with Gasteiger partial charge in [-0.15, -0.1) is 0 Å². The molecule has 0 saturated heterocycles. The molecule has 2 N–H and O–H groups in total. The zero-order chi connectivity index (χ0) is 88.0. The van der Waals surface area contributed by atoms with Crippen LogP contribution in [0.4, 0.5) is 0 Å². The quantitative estimate of drug-likeness (QED) is 0.116. The number of aromatic nitrogens is 8. The van der Waals surface area contributed by atoms with Gasteiger partial charge >= 0.3 is 0 Å². The summed E-state index contributed by atoms with van der Waals surface area (Å²) in [5, 5.41) is 4.00. The second-order valence-electron chi connectivity index (χ2n) is 35.2. The van der Waals surface area contributed by atoms with Crippen molar-refractivity contribution in [1.29, 1.82) is 0 Å². The maximum absolute atomic E-state index is 5.81. The predicted octanol–water partition coefficient (Wildman–Crippen LogP) is 30.7. The van der Waals surface area contributed by atoms with Crippen molar-refractivity contribution in [3.63, 3.8) is 0 Å². The maximum Gasteiger partial charge on any atom is 0.0973 e. The first-order valence-corrected chi connectivity index (χ1v) is 44.8. The number of hydrogen-bond acceptors (Lipinski definition) is 6. The summed E-state index contributed by atoms with van der Waals surface area (Å²) >= 11 is 7.94. The first-order valence-electron chi connectivity index (χ1n) is 43.3. The van der Waals surface area contributed by atoms with Crippen LogP contribution >= 0.6 is 31.9 Å². The molecule has 126 heavy (non-hydrogen) atoms. The fourth-order valence-electron chi connectivity index (χ4n) is 20.1. The molecule has 0 spiro atoms. The molecule has 0 unspecified atom stereocenters. The van der Waals surface area contributed by atoms with Gasteiger partial charge in [0.1, 0.15) is 0 Å². The lowest BCUT2D eigenvalue weighted by Gasteiger charge is -2.19.